The third-order valence-corrected chi connectivity index (χ3v) is 3.86. The van der Waals surface area contributed by atoms with E-state index in [4.69, 9.17) is 0 Å². The van der Waals surface area contributed by atoms with Crippen LogP contribution in [0.15, 0.2) is 16.6 Å². The van der Waals surface area contributed by atoms with Crippen molar-refractivity contribution >= 4 is 33.2 Å². The van der Waals surface area contributed by atoms with E-state index in [1.54, 1.807) is 19.9 Å². The molecule has 0 radical (unpaired) electrons. The summed E-state index contributed by atoms with van der Waals surface area (Å²) in [5.74, 6) is -0.408. The van der Waals surface area contributed by atoms with E-state index in [0.717, 1.165) is 16.7 Å². The van der Waals surface area contributed by atoms with Crippen molar-refractivity contribution in [3.63, 3.8) is 0 Å². The van der Waals surface area contributed by atoms with E-state index >= 15 is 0 Å². The van der Waals surface area contributed by atoms with E-state index in [9.17, 15) is 15.0 Å². The topological polar surface area (TPSA) is 72.8 Å². The fraction of sp³-hybridized carbons (Fsp3) is 0.500. The first-order chi connectivity index (χ1) is 9.23. The Morgan fingerprint density at radius 3 is 2.65 bits per heavy atom. The molecule has 0 saturated carbocycles. The van der Waals surface area contributed by atoms with Gasteiger partial charge in [0.15, 0.2) is 6.10 Å². The molecule has 0 aliphatic carbocycles. The van der Waals surface area contributed by atoms with Crippen LogP contribution in [0.25, 0.3) is 0 Å². The standard InChI is InChI=1S/C14H19BrN2O3/c1-4-17(7-14(2,3)20)11-6-10-8(5-9(11)15)12(18)13(19)16-10/h5-6,12,18,20H,4,7H2,1-3H3,(H,16,19). The lowest BCUT2D eigenvalue weighted by atomic mass is 10.1. The number of halogens is 1. The molecule has 0 fully saturated rings. The third kappa shape index (κ3) is 2.97. The second kappa shape index (κ2) is 5.35. The molecule has 1 aliphatic rings. The molecule has 5 nitrogen and oxygen atoms in total. The van der Waals surface area contributed by atoms with E-state index in [2.05, 4.69) is 21.2 Å². The number of amides is 1. The molecule has 110 valence electrons. The molecule has 1 aromatic rings. The number of nitrogens with one attached hydrogen (secondary N) is 1. The zero-order valence-corrected chi connectivity index (χ0v) is 13.4. The summed E-state index contributed by atoms with van der Waals surface area (Å²) >= 11 is 3.47. The van der Waals surface area contributed by atoms with Crippen LogP contribution < -0.4 is 10.2 Å². The number of rotatable bonds is 4. The molecule has 0 saturated heterocycles. The predicted molar refractivity (Wildman–Crippen MR) is 81.9 cm³/mol. The minimum absolute atomic E-state index is 0.408. The van der Waals surface area contributed by atoms with Gasteiger partial charge in [0.2, 0.25) is 0 Å². The largest absolute Gasteiger partial charge is 0.389 e. The number of anilines is 2. The van der Waals surface area contributed by atoms with Crippen molar-refractivity contribution < 1.29 is 15.0 Å². The molecule has 1 amide bonds. The van der Waals surface area contributed by atoms with Crippen molar-refractivity contribution in [3.8, 4) is 0 Å². The minimum Gasteiger partial charge on any atom is -0.389 e. The molecule has 1 heterocycles. The van der Waals surface area contributed by atoms with Crippen LogP contribution in [0.2, 0.25) is 0 Å². The maximum absolute atomic E-state index is 11.5. The lowest BCUT2D eigenvalue weighted by molar-refractivity contribution is -0.123. The van der Waals surface area contributed by atoms with Crippen molar-refractivity contribution in [1.29, 1.82) is 0 Å². The van der Waals surface area contributed by atoms with Crippen LogP contribution in [-0.4, -0.2) is 34.8 Å². The fourth-order valence-corrected chi connectivity index (χ4v) is 2.94. The summed E-state index contributed by atoms with van der Waals surface area (Å²) in [4.78, 5) is 13.5. The number of benzene rings is 1. The molecule has 20 heavy (non-hydrogen) atoms. The zero-order valence-electron chi connectivity index (χ0n) is 11.8. The van der Waals surface area contributed by atoms with Gasteiger partial charge in [0, 0.05) is 28.8 Å². The highest BCUT2D eigenvalue weighted by atomic mass is 79.9. The Morgan fingerprint density at radius 1 is 1.45 bits per heavy atom. The van der Waals surface area contributed by atoms with E-state index in [1.165, 1.54) is 0 Å². The van der Waals surface area contributed by atoms with Gasteiger partial charge in [0.05, 0.1) is 11.3 Å². The Bertz CT molecular complexity index is 540. The second-order valence-corrected chi connectivity index (χ2v) is 6.46. The lowest BCUT2D eigenvalue weighted by Crippen LogP contribution is -2.38. The number of hydrogen-bond acceptors (Lipinski definition) is 4. The maximum atomic E-state index is 11.5. The predicted octanol–water partition coefficient (Wildman–Crippen LogP) is 2.03. The Kier molecular flexibility index (Phi) is 4.09. The van der Waals surface area contributed by atoms with Crippen LogP contribution in [0.3, 0.4) is 0 Å². The highest BCUT2D eigenvalue weighted by Crippen LogP contribution is 2.39. The molecule has 1 aliphatic heterocycles. The normalized spacial score (nSPS) is 17.9. The Hall–Kier alpha value is -1.11. The SMILES string of the molecule is CCN(CC(C)(C)O)c1cc2c(cc1Br)C(O)C(=O)N2. The molecular formula is C14H19BrN2O3. The van der Waals surface area contributed by atoms with Gasteiger partial charge in [0.25, 0.3) is 5.91 Å². The minimum atomic E-state index is -1.11. The summed E-state index contributed by atoms with van der Waals surface area (Å²) in [6.07, 6.45) is -1.11. The first-order valence-electron chi connectivity index (χ1n) is 6.52. The Balaban J connectivity index is 2.38. The summed E-state index contributed by atoms with van der Waals surface area (Å²) in [6.45, 7) is 6.69. The number of likely N-dealkylation sites (N-methyl/N-ethyl adjacent to an activating group) is 1. The van der Waals surface area contributed by atoms with Gasteiger partial charge in [-0.25, -0.2) is 0 Å². The number of hydrogen-bond donors (Lipinski definition) is 3. The summed E-state index contributed by atoms with van der Waals surface area (Å²) in [7, 11) is 0. The smallest absolute Gasteiger partial charge is 0.257 e. The number of carbonyl (C=O) groups excluding carboxylic acids is 1. The zero-order chi connectivity index (χ0) is 15.1. The van der Waals surface area contributed by atoms with Gasteiger partial charge in [-0.15, -0.1) is 0 Å². The number of aliphatic hydroxyl groups is 2. The monoisotopic (exact) mass is 342 g/mol. The number of fused-ring (bicyclic) bond motifs is 1. The van der Waals surface area contributed by atoms with Crippen LogP contribution in [0.5, 0.6) is 0 Å². The van der Waals surface area contributed by atoms with Crippen LogP contribution in [0, 0.1) is 0 Å². The summed E-state index contributed by atoms with van der Waals surface area (Å²) in [6, 6.07) is 3.57. The fourth-order valence-electron chi connectivity index (χ4n) is 2.33. The third-order valence-electron chi connectivity index (χ3n) is 3.22. The van der Waals surface area contributed by atoms with Gasteiger partial charge in [-0.05, 0) is 48.8 Å². The lowest BCUT2D eigenvalue weighted by Gasteiger charge is -2.31. The average Bonchev–Trinajstić information content (AvgIpc) is 2.61. The molecule has 0 bridgehead atoms. The molecular weight excluding hydrogens is 324 g/mol. The second-order valence-electron chi connectivity index (χ2n) is 5.61. The van der Waals surface area contributed by atoms with Crippen molar-refractivity contribution in [1.82, 2.24) is 0 Å². The first kappa shape index (κ1) is 15.3. The molecule has 0 aromatic heterocycles. The maximum Gasteiger partial charge on any atom is 0.257 e. The highest BCUT2D eigenvalue weighted by Gasteiger charge is 2.30. The Labute approximate surface area is 126 Å². The van der Waals surface area contributed by atoms with Gasteiger partial charge in [-0.2, -0.15) is 0 Å². The summed E-state index contributed by atoms with van der Waals surface area (Å²) < 4.78 is 0.790. The number of carbonyl (C=O) groups is 1. The van der Waals surface area contributed by atoms with Gasteiger partial charge >= 0.3 is 0 Å². The number of aliphatic hydroxyl groups excluding tert-OH is 1. The summed E-state index contributed by atoms with van der Waals surface area (Å²) in [5.41, 5.74) is 1.25. The van der Waals surface area contributed by atoms with E-state index in [-0.39, 0.29) is 0 Å². The molecule has 6 heteroatoms. The molecule has 1 aromatic carbocycles. The van der Waals surface area contributed by atoms with Crippen molar-refractivity contribution in [3.05, 3.63) is 22.2 Å². The summed E-state index contributed by atoms with van der Waals surface area (Å²) in [5, 5.41) is 22.4. The molecule has 1 atom stereocenters. The van der Waals surface area contributed by atoms with Crippen LogP contribution in [0.4, 0.5) is 11.4 Å². The molecule has 1 unspecified atom stereocenters. The van der Waals surface area contributed by atoms with Crippen LogP contribution >= 0.6 is 15.9 Å². The van der Waals surface area contributed by atoms with Crippen LogP contribution in [-0.2, 0) is 4.79 Å². The van der Waals surface area contributed by atoms with E-state index < -0.39 is 17.6 Å². The van der Waals surface area contributed by atoms with Crippen LogP contribution in [0.1, 0.15) is 32.4 Å². The van der Waals surface area contributed by atoms with Crippen molar-refractivity contribution in [2.75, 3.05) is 23.3 Å². The average molecular weight is 343 g/mol. The van der Waals surface area contributed by atoms with Gasteiger partial charge in [-0.3, -0.25) is 4.79 Å². The molecule has 2 rings (SSSR count). The highest BCUT2D eigenvalue weighted by molar-refractivity contribution is 9.10. The first-order valence-corrected chi connectivity index (χ1v) is 7.32. The molecule has 0 spiro atoms. The quantitative estimate of drug-likeness (QED) is 0.782. The number of nitrogens with zero attached hydrogens (tertiary/aromatic N) is 1. The van der Waals surface area contributed by atoms with Gasteiger partial charge in [0.1, 0.15) is 0 Å². The van der Waals surface area contributed by atoms with Gasteiger partial charge in [-0.1, -0.05) is 0 Å². The van der Waals surface area contributed by atoms with Crippen molar-refractivity contribution in [2.24, 2.45) is 0 Å². The van der Waals surface area contributed by atoms with E-state index in [1.807, 2.05) is 17.9 Å². The van der Waals surface area contributed by atoms with Gasteiger partial charge < -0.3 is 20.4 Å². The Morgan fingerprint density at radius 2 is 2.10 bits per heavy atom. The van der Waals surface area contributed by atoms with E-state index in [0.29, 0.717) is 17.8 Å². The van der Waals surface area contributed by atoms with Crippen molar-refractivity contribution in [2.45, 2.75) is 32.5 Å². The molecule has 3 N–H and O–H groups in total.